The Labute approximate surface area is 197 Å². The second-order valence-electron chi connectivity index (χ2n) is 7.42. The molecule has 7 heteroatoms. The van der Waals surface area contributed by atoms with Crippen molar-refractivity contribution in [3.05, 3.63) is 0 Å². The van der Waals surface area contributed by atoms with Crippen LogP contribution in [0.1, 0.15) is 99.8 Å². The zero-order chi connectivity index (χ0) is 23.6. The Morgan fingerprint density at radius 3 is 1.26 bits per heavy atom. The van der Waals surface area contributed by atoms with Crippen molar-refractivity contribution in [3.8, 4) is 0 Å². The third-order valence-electron chi connectivity index (χ3n) is 5.16. The molecule has 6 nitrogen and oxygen atoms in total. The first kappa shape index (κ1) is 31.1. The molecule has 0 radical (unpaired) electrons. The molecular weight excluding hydrogens is 416 g/mol. The Hall–Kier alpha value is 0.110. The van der Waals surface area contributed by atoms with Crippen molar-refractivity contribution < 1.29 is 28.4 Å². The van der Waals surface area contributed by atoms with Gasteiger partial charge < -0.3 is 28.4 Å². The van der Waals surface area contributed by atoms with E-state index in [9.17, 15) is 0 Å². The molecule has 0 heterocycles. The molecule has 0 unspecified atom stereocenters. The molecule has 31 heavy (non-hydrogen) atoms. The summed E-state index contributed by atoms with van der Waals surface area (Å²) in [5.41, 5.74) is 0. The lowest BCUT2D eigenvalue weighted by Gasteiger charge is -2.54. The minimum atomic E-state index is -1.51. The van der Waals surface area contributed by atoms with E-state index in [4.69, 9.17) is 41.0 Å². The van der Waals surface area contributed by atoms with E-state index in [1.54, 1.807) is 0 Å². The van der Waals surface area contributed by atoms with Gasteiger partial charge in [-0.15, -0.1) is 12.6 Å². The molecule has 0 aliphatic heterocycles. The van der Waals surface area contributed by atoms with Gasteiger partial charge in [-0.1, -0.05) is 45.4 Å². The third-order valence-corrected chi connectivity index (χ3v) is 5.71. The van der Waals surface area contributed by atoms with Crippen LogP contribution in [0.5, 0.6) is 0 Å². The predicted octanol–water partition coefficient (Wildman–Crippen LogP) is 6.32. The summed E-state index contributed by atoms with van der Waals surface area (Å²) in [7, 11) is 0. The van der Waals surface area contributed by atoms with Crippen LogP contribution in [0.3, 0.4) is 0 Å². The monoisotopic (exact) mass is 466 g/mol. The summed E-state index contributed by atoms with van der Waals surface area (Å²) in [5.74, 6) is -2.73. The van der Waals surface area contributed by atoms with E-state index in [1.165, 1.54) is 32.1 Å². The fraction of sp³-hybridized carbons (Fsp3) is 1.00. The SMILES string of the molecule is CCCCCCCCCC(OCC)(OCC)C(OCC)(OCC)C(S)(OCC)OCC. The maximum atomic E-state index is 6.34. The first-order chi connectivity index (χ1) is 14.9. The Kier molecular flexibility index (Phi) is 17.6. The van der Waals surface area contributed by atoms with E-state index in [0.717, 1.165) is 12.8 Å². The van der Waals surface area contributed by atoms with Gasteiger partial charge in [0.15, 0.2) is 0 Å². The van der Waals surface area contributed by atoms with Crippen molar-refractivity contribution in [2.75, 3.05) is 39.6 Å². The number of thiol groups is 1. The van der Waals surface area contributed by atoms with Gasteiger partial charge in [0.1, 0.15) is 0 Å². The van der Waals surface area contributed by atoms with E-state index in [1.807, 2.05) is 41.5 Å². The molecule has 0 aromatic heterocycles. The molecule has 0 amide bonds. The molecule has 0 N–H and O–H groups in total. The fourth-order valence-electron chi connectivity index (χ4n) is 4.04. The summed E-state index contributed by atoms with van der Waals surface area (Å²) in [6.07, 6.45) is 8.86. The van der Waals surface area contributed by atoms with Gasteiger partial charge in [-0.25, -0.2) is 0 Å². The van der Waals surface area contributed by atoms with E-state index >= 15 is 0 Å². The van der Waals surface area contributed by atoms with Gasteiger partial charge >= 0.3 is 0 Å². The Morgan fingerprint density at radius 2 is 0.871 bits per heavy atom. The van der Waals surface area contributed by atoms with E-state index in [0.29, 0.717) is 46.1 Å². The summed E-state index contributed by atoms with van der Waals surface area (Å²) in [5, 5.41) is -1.51. The topological polar surface area (TPSA) is 55.4 Å². The van der Waals surface area contributed by atoms with E-state index in [-0.39, 0.29) is 0 Å². The van der Waals surface area contributed by atoms with E-state index in [2.05, 4.69) is 6.92 Å². The highest BCUT2D eigenvalue weighted by Crippen LogP contribution is 2.48. The fourth-order valence-corrected chi connectivity index (χ4v) is 4.59. The van der Waals surface area contributed by atoms with Gasteiger partial charge in [-0.2, -0.15) is 0 Å². The smallest absolute Gasteiger partial charge is 0.290 e. The Balaban J connectivity index is 6.07. The van der Waals surface area contributed by atoms with Crippen LogP contribution >= 0.6 is 12.6 Å². The molecule has 0 fully saturated rings. The van der Waals surface area contributed by atoms with Crippen molar-refractivity contribution in [2.45, 2.75) is 117 Å². The number of hydrogen-bond donors (Lipinski definition) is 1. The third kappa shape index (κ3) is 8.76. The van der Waals surface area contributed by atoms with Crippen LogP contribution in [0, 0.1) is 0 Å². The molecule has 0 bridgehead atoms. The zero-order valence-corrected chi connectivity index (χ0v) is 22.2. The molecule has 0 saturated heterocycles. The van der Waals surface area contributed by atoms with Crippen molar-refractivity contribution in [1.82, 2.24) is 0 Å². The molecule has 0 saturated carbocycles. The maximum absolute atomic E-state index is 6.34. The summed E-state index contributed by atoms with van der Waals surface area (Å²) < 4.78 is 37.4. The summed E-state index contributed by atoms with van der Waals surface area (Å²) in [6.45, 7) is 16.1. The average molecular weight is 467 g/mol. The molecule has 0 aromatic carbocycles. The lowest BCUT2D eigenvalue weighted by molar-refractivity contribution is -0.472. The number of rotatable bonds is 22. The van der Waals surface area contributed by atoms with Crippen LogP contribution in [-0.2, 0) is 28.4 Å². The largest absolute Gasteiger partial charge is 0.345 e. The number of unbranched alkanes of at least 4 members (excludes halogenated alkanes) is 6. The standard InChI is InChI=1S/C24H50O6S/c1-8-15-16-17-18-19-20-21-22(25-9-2,26-10-3)23(27-11-4,28-12-5)24(31,29-13-6)30-14-7/h31H,8-21H2,1-7H3. The highest BCUT2D eigenvalue weighted by molar-refractivity contribution is 7.81. The molecule has 188 valence electrons. The quantitative estimate of drug-likeness (QED) is 0.114. The predicted molar refractivity (Wildman–Crippen MR) is 130 cm³/mol. The minimum absolute atomic E-state index is 0.362. The maximum Gasteiger partial charge on any atom is 0.290 e. The summed E-state index contributed by atoms with van der Waals surface area (Å²) >= 11 is 4.85. The van der Waals surface area contributed by atoms with E-state index < -0.39 is 16.7 Å². The molecule has 0 aliphatic rings. The molecular formula is C24H50O6S. The van der Waals surface area contributed by atoms with Crippen molar-refractivity contribution in [2.24, 2.45) is 0 Å². The number of ether oxygens (including phenoxy) is 6. The Bertz CT molecular complexity index is 403. The van der Waals surface area contributed by atoms with Crippen LogP contribution in [0.4, 0.5) is 0 Å². The Morgan fingerprint density at radius 1 is 0.484 bits per heavy atom. The van der Waals surface area contributed by atoms with Crippen molar-refractivity contribution in [1.29, 1.82) is 0 Å². The van der Waals surface area contributed by atoms with Gasteiger partial charge in [0.25, 0.3) is 10.9 Å². The second kappa shape index (κ2) is 17.6. The first-order valence-electron chi connectivity index (χ1n) is 12.5. The second-order valence-corrected chi connectivity index (χ2v) is 8.01. The zero-order valence-electron chi connectivity index (χ0n) is 21.3. The highest BCUT2D eigenvalue weighted by atomic mass is 32.1. The lowest BCUT2D eigenvalue weighted by Crippen LogP contribution is -2.72. The van der Waals surface area contributed by atoms with Gasteiger partial charge in [-0.3, -0.25) is 0 Å². The first-order valence-corrected chi connectivity index (χ1v) is 12.9. The van der Waals surface area contributed by atoms with Crippen LogP contribution < -0.4 is 0 Å². The van der Waals surface area contributed by atoms with Crippen LogP contribution in [-0.4, -0.2) is 56.3 Å². The summed E-state index contributed by atoms with van der Waals surface area (Å²) in [4.78, 5) is 0. The van der Waals surface area contributed by atoms with Gasteiger partial charge in [0.05, 0.1) is 0 Å². The van der Waals surface area contributed by atoms with Gasteiger partial charge in [0, 0.05) is 46.1 Å². The number of hydrogen-bond acceptors (Lipinski definition) is 7. The molecule has 0 spiro atoms. The minimum Gasteiger partial charge on any atom is -0.345 e. The van der Waals surface area contributed by atoms with Crippen LogP contribution in [0.2, 0.25) is 0 Å². The normalized spacial score (nSPS) is 13.2. The highest BCUT2D eigenvalue weighted by Gasteiger charge is 2.69. The molecule has 0 aliphatic carbocycles. The summed E-state index contributed by atoms with van der Waals surface area (Å²) in [6, 6.07) is 0. The molecule has 0 aromatic rings. The van der Waals surface area contributed by atoms with Gasteiger partial charge in [0.2, 0.25) is 5.79 Å². The molecule has 0 rings (SSSR count). The lowest BCUT2D eigenvalue weighted by atomic mass is 9.95. The van der Waals surface area contributed by atoms with Crippen molar-refractivity contribution >= 4 is 12.6 Å². The van der Waals surface area contributed by atoms with Crippen LogP contribution in [0.25, 0.3) is 0 Å². The average Bonchev–Trinajstić information content (AvgIpc) is 2.73. The van der Waals surface area contributed by atoms with Gasteiger partial charge in [-0.05, 0) is 48.0 Å². The van der Waals surface area contributed by atoms with Crippen LogP contribution in [0.15, 0.2) is 0 Å². The molecule has 0 atom stereocenters. The van der Waals surface area contributed by atoms with Crippen molar-refractivity contribution in [3.63, 3.8) is 0 Å².